The maximum absolute atomic E-state index is 12.7. The minimum absolute atomic E-state index is 0.0860. The van der Waals surface area contributed by atoms with Crippen LogP contribution in [0.2, 0.25) is 0 Å². The molecule has 1 saturated carbocycles. The number of ketones is 1. The van der Waals surface area contributed by atoms with Crippen LogP contribution in [-0.4, -0.2) is 5.78 Å². The third-order valence-electron chi connectivity index (χ3n) is 4.83. The average molecular weight is 220 g/mol. The van der Waals surface area contributed by atoms with E-state index in [0.29, 0.717) is 23.5 Å². The highest BCUT2D eigenvalue weighted by Gasteiger charge is 2.49. The topological polar surface area (TPSA) is 17.1 Å². The van der Waals surface area contributed by atoms with E-state index >= 15 is 0 Å². The fourth-order valence-electron chi connectivity index (χ4n) is 3.61. The predicted molar refractivity (Wildman–Crippen MR) is 67.2 cm³/mol. The second-order valence-electron chi connectivity index (χ2n) is 6.22. The van der Waals surface area contributed by atoms with E-state index in [1.165, 1.54) is 12.0 Å². The highest BCUT2D eigenvalue weighted by molar-refractivity contribution is 5.90. The Morgan fingerprint density at radius 3 is 2.56 bits per heavy atom. The molecule has 0 heterocycles. The lowest BCUT2D eigenvalue weighted by Crippen LogP contribution is -2.44. The van der Waals surface area contributed by atoms with Gasteiger partial charge in [-0.3, -0.25) is 4.79 Å². The van der Waals surface area contributed by atoms with Crippen molar-refractivity contribution < 1.29 is 4.79 Å². The van der Waals surface area contributed by atoms with Crippen LogP contribution in [0.1, 0.15) is 53.4 Å². The smallest absolute Gasteiger partial charge is 0.146 e. The molecule has 0 aromatic carbocycles. The first kappa shape index (κ1) is 11.9. The molecule has 1 heteroatoms. The molecule has 2 rings (SSSR count). The third kappa shape index (κ3) is 1.65. The zero-order valence-electron chi connectivity index (χ0n) is 11.0. The van der Waals surface area contributed by atoms with E-state index in [-0.39, 0.29) is 5.41 Å². The largest absolute Gasteiger partial charge is 0.298 e. The molecule has 0 unspecified atom stereocenters. The molecule has 0 saturated heterocycles. The van der Waals surface area contributed by atoms with Crippen LogP contribution in [0.3, 0.4) is 0 Å². The molecule has 1 nitrogen and oxygen atoms in total. The molecule has 1 fully saturated rings. The molecule has 0 aromatic heterocycles. The van der Waals surface area contributed by atoms with E-state index in [9.17, 15) is 4.79 Å². The van der Waals surface area contributed by atoms with Gasteiger partial charge in [-0.1, -0.05) is 32.4 Å². The normalized spacial score (nSPS) is 39.6. The second kappa shape index (κ2) is 4.01. The molecule has 0 amide bonds. The lowest BCUT2D eigenvalue weighted by Gasteiger charge is -2.42. The molecule has 0 N–H and O–H groups in total. The highest BCUT2D eigenvalue weighted by Crippen LogP contribution is 2.51. The van der Waals surface area contributed by atoms with Gasteiger partial charge in [0, 0.05) is 5.92 Å². The van der Waals surface area contributed by atoms with Crippen LogP contribution in [0.15, 0.2) is 11.6 Å². The summed E-state index contributed by atoms with van der Waals surface area (Å²) in [6, 6.07) is 0. The van der Waals surface area contributed by atoms with Crippen LogP contribution in [0, 0.1) is 23.2 Å². The summed E-state index contributed by atoms with van der Waals surface area (Å²) in [5, 5.41) is 0. The first-order valence-corrected chi connectivity index (χ1v) is 6.70. The van der Waals surface area contributed by atoms with Gasteiger partial charge in [0.15, 0.2) is 0 Å². The summed E-state index contributed by atoms with van der Waals surface area (Å²) >= 11 is 0. The number of hydrogen-bond donors (Lipinski definition) is 0. The van der Waals surface area contributed by atoms with E-state index in [4.69, 9.17) is 0 Å². The van der Waals surface area contributed by atoms with E-state index in [2.05, 4.69) is 33.8 Å². The Bertz CT molecular complexity index is 326. The molecule has 16 heavy (non-hydrogen) atoms. The van der Waals surface area contributed by atoms with Crippen LogP contribution in [0.4, 0.5) is 0 Å². The fraction of sp³-hybridized carbons (Fsp3) is 0.800. The summed E-state index contributed by atoms with van der Waals surface area (Å²) in [7, 11) is 0. The van der Waals surface area contributed by atoms with Gasteiger partial charge in [-0.25, -0.2) is 0 Å². The summed E-state index contributed by atoms with van der Waals surface area (Å²) in [6.07, 6.45) is 6.82. The van der Waals surface area contributed by atoms with Crippen LogP contribution in [-0.2, 0) is 4.79 Å². The molecule has 3 atom stereocenters. The summed E-state index contributed by atoms with van der Waals surface area (Å²) in [4.78, 5) is 12.7. The van der Waals surface area contributed by atoms with Gasteiger partial charge in [0.05, 0.1) is 5.41 Å². The van der Waals surface area contributed by atoms with Gasteiger partial charge >= 0.3 is 0 Å². The molecule has 2 aliphatic carbocycles. The predicted octanol–water partition coefficient (Wildman–Crippen LogP) is 3.98. The van der Waals surface area contributed by atoms with E-state index < -0.39 is 0 Å². The number of allylic oxidation sites excluding steroid dienone is 2. The Morgan fingerprint density at radius 1 is 1.38 bits per heavy atom. The molecule has 1 spiro atoms. The molecule has 2 aliphatic rings. The summed E-state index contributed by atoms with van der Waals surface area (Å²) in [5.74, 6) is 1.90. The van der Waals surface area contributed by atoms with Crippen LogP contribution in [0.25, 0.3) is 0 Å². The van der Waals surface area contributed by atoms with Crippen LogP contribution in [0.5, 0.6) is 0 Å². The van der Waals surface area contributed by atoms with Gasteiger partial charge in [0.2, 0.25) is 0 Å². The van der Waals surface area contributed by atoms with Gasteiger partial charge in [-0.05, 0) is 44.4 Å². The van der Waals surface area contributed by atoms with Crippen molar-refractivity contribution in [3.05, 3.63) is 11.6 Å². The van der Waals surface area contributed by atoms with Crippen molar-refractivity contribution in [2.45, 2.75) is 53.4 Å². The number of Topliss-reactive ketones (excluding diaryl/α,β-unsaturated/α-hetero) is 1. The molecule has 0 bridgehead atoms. The minimum atomic E-state index is -0.0860. The lowest BCUT2D eigenvalue weighted by molar-refractivity contribution is -0.138. The summed E-state index contributed by atoms with van der Waals surface area (Å²) in [6.45, 7) is 8.83. The molecule has 90 valence electrons. The van der Waals surface area contributed by atoms with Gasteiger partial charge in [0.25, 0.3) is 0 Å². The monoisotopic (exact) mass is 220 g/mol. The van der Waals surface area contributed by atoms with Crippen molar-refractivity contribution in [2.75, 3.05) is 0 Å². The average Bonchev–Trinajstić information content (AvgIpc) is 2.59. The maximum atomic E-state index is 12.7. The Balaban J connectivity index is 2.32. The van der Waals surface area contributed by atoms with Crippen LogP contribution < -0.4 is 0 Å². The second-order valence-corrected chi connectivity index (χ2v) is 6.22. The van der Waals surface area contributed by atoms with Crippen molar-refractivity contribution in [2.24, 2.45) is 23.2 Å². The van der Waals surface area contributed by atoms with E-state index in [1.807, 2.05) is 0 Å². The SMILES string of the molecule is CC1=C[C@@]2(CC1)C(=O)[C@H](C(C)C)CC[C@H]2C. The molecule has 0 aliphatic heterocycles. The maximum Gasteiger partial charge on any atom is 0.146 e. The number of carbonyl (C=O) groups excluding carboxylic acids is 1. The van der Waals surface area contributed by atoms with Crippen molar-refractivity contribution in [3.63, 3.8) is 0 Å². The van der Waals surface area contributed by atoms with Gasteiger partial charge < -0.3 is 0 Å². The summed E-state index contributed by atoms with van der Waals surface area (Å²) in [5.41, 5.74) is 1.33. The van der Waals surface area contributed by atoms with Crippen LogP contribution >= 0.6 is 0 Å². The number of hydrogen-bond acceptors (Lipinski definition) is 1. The van der Waals surface area contributed by atoms with Crippen molar-refractivity contribution >= 4 is 5.78 Å². The Hall–Kier alpha value is -0.590. The van der Waals surface area contributed by atoms with Gasteiger partial charge in [0.1, 0.15) is 5.78 Å². The molecular weight excluding hydrogens is 196 g/mol. The molecule has 0 radical (unpaired) electrons. The first-order chi connectivity index (χ1) is 7.47. The standard InChI is InChI=1S/C15H24O/c1-10(2)13-6-5-12(4)15(14(13)16)8-7-11(3)9-15/h9-10,12-13H,5-8H2,1-4H3/t12-,13+,15-/m1/s1. The van der Waals surface area contributed by atoms with Gasteiger partial charge in [-0.2, -0.15) is 0 Å². The van der Waals surface area contributed by atoms with E-state index in [1.54, 1.807) is 0 Å². The van der Waals surface area contributed by atoms with Crippen molar-refractivity contribution in [1.29, 1.82) is 0 Å². The molecule has 0 aromatic rings. The zero-order valence-corrected chi connectivity index (χ0v) is 11.0. The van der Waals surface area contributed by atoms with Crippen molar-refractivity contribution in [1.82, 2.24) is 0 Å². The highest BCUT2D eigenvalue weighted by atomic mass is 16.1. The van der Waals surface area contributed by atoms with E-state index in [0.717, 1.165) is 19.3 Å². The first-order valence-electron chi connectivity index (χ1n) is 6.70. The Kier molecular flexibility index (Phi) is 2.98. The molecular formula is C15H24O. The Labute approximate surface area is 99.3 Å². The fourth-order valence-corrected chi connectivity index (χ4v) is 3.61. The minimum Gasteiger partial charge on any atom is -0.298 e. The number of rotatable bonds is 1. The lowest BCUT2D eigenvalue weighted by atomic mass is 9.60. The zero-order chi connectivity index (χ0) is 11.9. The number of carbonyl (C=O) groups is 1. The van der Waals surface area contributed by atoms with Crippen molar-refractivity contribution in [3.8, 4) is 0 Å². The Morgan fingerprint density at radius 2 is 2.06 bits per heavy atom. The quantitative estimate of drug-likeness (QED) is 0.611. The summed E-state index contributed by atoms with van der Waals surface area (Å²) < 4.78 is 0. The third-order valence-corrected chi connectivity index (χ3v) is 4.83. The van der Waals surface area contributed by atoms with Gasteiger partial charge in [-0.15, -0.1) is 0 Å².